The number of sulfonamides is 1. The number of hydrogen-bond donors (Lipinski definition) is 2. The van der Waals surface area contributed by atoms with Gasteiger partial charge in [0.15, 0.2) is 0 Å². The van der Waals surface area contributed by atoms with Crippen LogP contribution < -0.4 is 5.73 Å². The maximum atomic E-state index is 12.9. The number of nitrogen functional groups attached to an aromatic ring is 1. The van der Waals surface area contributed by atoms with Crippen LogP contribution in [-0.4, -0.2) is 37.0 Å². The van der Waals surface area contributed by atoms with Gasteiger partial charge >= 0.3 is 0 Å². The van der Waals surface area contributed by atoms with E-state index in [0.717, 1.165) is 6.42 Å². The van der Waals surface area contributed by atoms with Crippen LogP contribution in [0.15, 0.2) is 17.0 Å². The summed E-state index contributed by atoms with van der Waals surface area (Å²) in [5.41, 5.74) is 7.62. The molecule has 1 heterocycles. The average Bonchev–Trinajstić information content (AvgIpc) is 2.69. The van der Waals surface area contributed by atoms with Crippen LogP contribution in [0.25, 0.3) is 0 Å². The number of aliphatic hydroxyl groups excluding tert-OH is 1. The van der Waals surface area contributed by atoms with Crippen molar-refractivity contribution in [2.24, 2.45) is 5.92 Å². The third-order valence-corrected chi connectivity index (χ3v) is 6.30. The minimum absolute atomic E-state index is 0.145. The molecule has 1 saturated heterocycles. The highest BCUT2D eigenvalue weighted by molar-refractivity contribution is 7.89. The number of nitrogens with two attached hydrogens (primary N) is 1. The first kappa shape index (κ1) is 15.3. The van der Waals surface area contributed by atoms with E-state index in [9.17, 15) is 13.5 Å². The molecule has 0 spiro atoms. The van der Waals surface area contributed by atoms with Crippen LogP contribution >= 0.6 is 0 Å². The van der Waals surface area contributed by atoms with E-state index >= 15 is 0 Å². The van der Waals surface area contributed by atoms with Crippen LogP contribution in [0.5, 0.6) is 0 Å². The molecular formula is C14H22N2O3S. The van der Waals surface area contributed by atoms with Crippen molar-refractivity contribution in [3.8, 4) is 0 Å². The van der Waals surface area contributed by atoms with Gasteiger partial charge in [-0.3, -0.25) is 0 Å². The molecule has 0 aromatic heterocycles. The van der Waals surface area contributed by atoms with Gasteiger partial charge in [-0.25, -0.2) is 8.42 Å². The van der Waals surface area contributed by atoms with Gasteiger partial charge in [-0.05, 0) is 49.4 Å². The quantitative estimate of drug-likeness (QED) is 0.823. The maximum absolute atomic E-state index is 12.9. The minimum Gasteiger partial charge on any atom is -0.399 e. The second-order valence-corrected chi connectivity index (χ2v) is 7.44. The predicted molar refractivity (Wildman–Crippen MR) is 78.9 cm³/mol. The fourth-order valence-electron chi connectivity index (χ4n) is 3.05. The number of anilines is 1. The summed E-state index contributed by atoms with van der Waals surface area (Å²) in [4.78, 5) is 0.319. The van der Waals surface area contributed by atoms with Gasteiger partial charge in [-0.15, -0.1) is 0 Å². The topological polar surface area (TPSA) is 83.6 Å². The summed E-state index contributed by atoms with van der Waals surface area (Å²) in [5, 5.41) is 9.47. The molecule has 6 heteroatoms. The summed E-state index contributed by atoms with van der Waals surface area (Å²) in [6.45, 7) is 5.79. The Bertz CT molecular complexity index is 590. The zero-order valence-corrected chi connectivity index (χ0v) is 12.9. The Morgan fingerprint density at radius 3 is 2.40 bits per heavy atom. The molecule has 1 fully saturated rings. The Morgan fingerprint density at radius 1 is 1.35 bits per heavy atom. The average molecular weight is 298 g/mol. The third-order valence-electron chi connectivity index (χ3n) is 4.07. The molecule has 112 valence electrons. The second-order valence-electron chi connectivity index (χ2n) is 5.62. The van der Waals surface area contributed by atoms with Crippen molar-refractivity contribution < 1.29 is 13.5 Å². The number of rotatable bonds is 3. The largest absolute Gasteiger partial charge is 0.399 e. The van der Waals surface area contributed by atoms with Crippen LogP contribution in [0.3, 0.4) is 0 Å². The first-order chi connectivity index (χ1) is 9.28. The normalized spacial score (nSPS) is 24.2. The smallest absolute Gasteiger partial charge is 0.243 e. The number of aliphatic hydroxyl groups is 1. The predicted octanol–water partition coefficient (Wildman–Crippen LogP) is 1.28. The fourth-order valence-corrected chi connectivity index (χ4v) is 5.19. The first-order valence-corrected chi connectivity index (χ1v) is 8.22. The maximum Gasteiger partial charge on any atom is 0.243 e. The monoisotopic (exact) mass is 298 g/mol. The van der Waals surface area contributed by atoms with E-state index in [1.807, 2.05) is 6.92 Å². The van der Waals surface area contributed by atoms with E-state index in [0.29, 0.717) is 28.3 Å². The highest BCUT2D eigenvalue weighted by atomic mass is 32.2. The second kappa shape index (κ2) is 5.35. The molecule has 2 rings (SSSR count). The lowest BCUT2D eigenvalue weighted by Gasteiger charge is -2.26. The van der Waals surface area contributed by atoms with Gasteiger partial charge in [0.05, 0.1) is 17.5 Å². The number of benzene rings is 1. The summed E-state index contributed by atoms with van der Waals surface area (Å²) in [6, 6.07) is 3.01. The van der Waals surface area contributed by atoms with E-state index in [4.69, 9.17) is 5.73 Å². The molecule has 0 aliphatic carbocycles. The molecule has 1 aliphatic rings. The molecule has 1 aliphatic heterocycles. The summed E-state index contributed by atoms with van der Waals surface area (Å²) >= 11 is 0. The van der Waals surface area contributed by atoms with Crippen LogP contribution in [0.4, 0.5) is 5.69 Å². The Kier molecular flexibility index (Phi) is 4.09. The fraction of sp³-hybridized carbons (Fsp3) is 0.571. The van der Waals surface area contributed by atoms with Crippen molar-refractivity contribution in [1.29, 1.82) is 0 Å². The highest BCUT2D eigenvalue weighted by Crippen LogP contribution is 2.33. The van der Waals surface area contributed by atoms with E-state index < -0.39 is 10.0 Å². The lowest BCUT2D eigenvalue weighted by molar-refractivity contribution is 0.191. The molecule has 2 unspecified atom stereocenters. The molecule has 1 aromatic rings. The van der Waals surface area contributed by atoms with E-state index in [2.05, 4.69) is 0 Å². The number of hydrogen-bond acceptors (Lipinski definition) is 4. The lowest BCUT2D eigenvalue weighted by Crippen LogP contribution is -2.40. The summed E-state index contributed by atoms with van der Waals surface area (Å²) in [5.74, 6) is 0.171. The number of nitrogens with zero attached hydrogens (tertiary/aromatic N) is 1. The molecule has 1 aromatic carbocycles. The van der Waals surface area contributed by atoms with E-state index in [1.165, 1.54) is 4.31 Å². The van der Waals surface area contributed by atoms with Crippen molar-refractivity contribution in [3.63, 3.8) is 0 Å². The van der Waals surface area contributed by atoms with Crippen molar-refractivity contribution in [3.05, 3.63) is 23.3 Å². The van der Waals surface area contributed by atoms with Gasteiger partial charge in [-0.1, -0.05) is 6.92 Å². The zero-order valence-electron chi connectivity index (χ0n) is 12.1. The highest BCUT2D eigenvalue weighted by Gasteiger charge is 2.40. The standard InChI is InChI=1S/C14H22N2O3S/c1-9-4-5-16(13(9)8-17)20(18,19)14-10(2)6-12(15)7-11(14)3/h6-7,9,13,17H,4-5,8,15H2,1-3H3. The van der Waals surface area contributed by atoms with Gasteiger partial charge in [0, 0.05) is 12.2 Å². The molecule has 20 heavy (non-hydrogen) atoms. The van der Waals surface area contributed by atoms with Crippen LogP contribution in [0.2, 0.25) is 0 Å². The van der Waals surface area contributed by atoms with E-state index in [1.54, 1.807) is 26.0 Å². The zero-order chi connectivity index (χ0) is 15.1. The molecule has 2 atom stereocenters. The molecule has 5 nitrogen and oxygen atoms in total. The summed E-state index contributed by atoms with van der Waals surface area (Å²) in [6.07, 6.45) is 0.775. The first-order valence-electron chi connectivity index (χ1n) is 6.78. The molecule has 0 radical (unpaired) electrons. The lowest BCUT2D eigenvalue weighted by atomic mass is 10.0. The van der Waals surface area contributed by atoms with Gasteiger partial charge < -0.3 is 10.8 Å². The molecular weight excluding hydrogens is 276 g/mol. The molecule has 3 N–H and O–H groups in total. The minimum atomic E-state index is -3.59. The van der Waals surface area contributed by atoms with Crippen molar-refractivity contribution in [2.75, 3.05) is 18.9 Å². The summed E-state index contributed by atoms with van der Waals surface area (Å²) < 4.78 is 27.2. The molecule has 0 saturated carbocycles. The van der Waals surface area contributed by atoms with Gasteiger partial charge in [0.2, 0.25) is 10.0 Å². The van der Waals surface area contributed by atoms with E-state index in [-0.39, 0.29) is 18.6 Å². The van der Waals surface area contributed by atoms with Crippen molar-refractivity contribution in [1.82, 2.24) is 4.31 Å². The van der Waals surface area contributed by atoms with Gasteiger partial charge in [-0.2, -0.15) is 4.31 Å². The Morgan fingerprint density at radius 2 is 1.90 bits per heavy atom. The third kappa shape index (κ3) is 2.43. The Balaban J connectivity index is 2.51. The Hall–Kier alpha value is -1.11. The van der Waals surface area contributed by atoms with Gasteiger partial charge in [0.25, 0.3) is 0 Å². The van der Waals surface area contributed by atoms with Gasteiger partial charge in [0.1, 0.15) is 0 Å². The Labute approximate surface area is 120 Å². The molecule has 0 amide bonds. The van der Waals surface area contributed by atoms with Crippen LogP contribution in [-0.2, 0) is 10.0 Å². The number of aryl methyl sites for hydroxylation is 2. The summed E-state index contributed by atoms with van der Waals surface area (Å²) in [7, 11) is -3.59. The van der Waals surface area contributed by atoms with Crippen LogP contribution in [0, 0.1) is 19.8 Å². The van der Waals surface area contributed by atoms with Crippen molar-refractivity contribution in [2.45, 2.75) is 38.1 Å². The van der Waals surface area contributed by atoms with Crippen molar-refractivity contribution >= 4 is 15.7 Å². The SMILES string of the molecule is Cc1cc(N)cc(C)c1S(=O)(=O)N1CCC(C)C1CO. The molecule has 0 bridgehead atoms. The van der Waals surface area contributed by atoms with Crippen LogP contribution in [0.1, 0.15) is 24.5 Å².